The molecule has 1 aliphatic carbocycles. The van der Waals surface area contributed by atoms with Crippen LogP contribution in [-0.4, -0.2) is 64.2 Å². The summed E-state index contributed by atoms with van der Waals surface area (Å²) in [5.74, 6) is -0.887. The third-order valence-corrected chi connectivity index (χ3v) is 8.25. The number of hydrogen-bond donors (Lipinski definition) is 1. The number of rotatable bonds is 11. The van der Waals surface area contributed by atoms with Crippen molar-refractivity contribution in [2.24, 2.45) is 5.92 Å². The molecule has 0 amide bonds. The van der Waals surface area contributed by atoms with Crippen LogP contribution in [0, 0.1) is 5.92 Å². The normalized spacial score (nSPS) is 20.9. The van der Waals surface area contributed by atoms with Gasteiger partial charge in [0.1, 0.15) is 18.3 Å². The van der Waals surface area contributed by atoms with E-state index in [9.17, 15) is 14.7 Å². The van der Waals surface area contributed by atoms with E-state index in [4.69, 9.17) is 42.6 Å². The second-order valence-corrected chi connectivity index (χ2v) is 11.2. The van der Waals surface area contributed by atoms with Crippen molar-refractivity contribution in [1.29, 1.82) is 0 Å². The maximum atomic E-state index is 13.7. The average molecular weight is 651 g/mol. The number of carbonyl (C=O) groups excluding carboxylic acids is 2. The first kappa shape index (κ1) is 33.4. The Morgan fingerprint density at radius 2 is 1.70 bits per heavy atom. The maximum absolute atomic E-state index is 13.7. The minimum atomic E-state index is -1.88. The molecule has 1 N–H and O–H groups in total. The summed E-state index contributed by atoms with van der Waals surface area (Å²) < 4.78 is 53.1. The Morgan fingerprint density at radius 1 is 0.979 bits per heavy atom. The summed E-state index contributed by atoms with van der Waals surface area (Å²) in [6.07, 6.45) is -0.967. The predicted molar refractivity (Wildman–Crippen MR) is 168 cm³/mol. The smallest absolute Gasteiger partial charge is 0.338 e. The minimum Gasteiger partial charge on any atom is -0.493 e. The Hall–Kier alpha value is -4.94. The molecule has 250 valence electrons. The molecule has 0 unspecified atom stereocenters. The highest BCUT2D eigenvalue weighted by Gasteiger charge is 2.51. The Kier molecular flexibility index (Phi) is 9.83. The fourth-order valence-corrected chi connectivity index (χ4v) is 5.90. The first-order valence-electron chi connectivity index (χ1n) is 14.9. The summed E-state index contributed by atoms with van der Waals surface area (Å²) in [4.78, 5) is 26.4. The van der Waals surface area contributed by atoms with Crippen LogP contribution in [0.3, 0.4) is 0 Å². The lowest BCUT2D eigenvalue weighted by molar-refractivity contribution is -0.166. The van der Waals surface area contributed by atoms with Gasteiger partial charge < -0.3 is 47.7 Å². The van der Waals surface area contributed by atoms with Crippen LogP contribution >= 0.6 is 0 Å². The molecule has 1 heterocycles. The largest absolute Gasteiger partial charge is 0.493 e. The summed E-state index contributed by atoms with van der Waals surface area (Å²) in [6, 6.07) is 11.7. The van der Waals surface area contributed by atoms with Gasteiger partial charge in [0, 0.05) is 42.2 Å². The quantitative estimate of drug-likeness (QED) is 0.158. The molecule has 47 heavy (non-hydrogen) atoms. The highest BCUT2D eigenvalue weighted by Crippen LogP contribution is 2.61. The second-order valence-electron chi connectivity index (χ2n) is 11.2. The SMILES string of the molecule is C=CCOc1c(OC)c(OC)cc2c1-c1c(cc3c(c1OCOC)OCO3)[C@H](OC(C)=O)[C@H](C)[C@](C)(O)[C@H]2OC(=O)c1ccccc1. The third-order valence-electron chi connectivity index (χ3n) is 8.25. The number of carbonyl (C=O) groups is 2. The van der Waals surface area contributed by atoms with E-state index in [-0.39, 0.29) is 60.1 Å². The lowest BCUT2D eigenvalue weighted by Crippen LogP contribution is -2.46. The van der Waals surface area contributed by atoms with E-state index in [1.165, 1.54) is 35.2 Å². The molecule has 2 aliphatic rings. The van der Waals surface area contributed by atoms with Crippen LogP contribution in [0.15, 0.2) is 55.1 Å². The van der Waals surface area contributed by atoms with Crippen molar-refractivity contribution in [3.8, 4) is 45.6 Å². The van der Waals surface area contributed by atoms with E-state index < -0.39 is 35.7 Å². The zero-order valence-electron chi connectivity index (χ0n) is 27.1. The Labute approximate surface area is 272 Å². The zero-order chi connectivity index (χ0) is 33.9. The van der Waals surface area contributed by atoms with Crippen LogP contribution in [0.4, 0.5) is 0 Å². The van der Waals surface area contributed by atoms with Crippen LogP contribution in [0.1, 0.15) is 54.5 Å². The summed E-state index contributed by atoms with van der Waals surface area (Å²) in [5, 5.41) is 12.5. The molecule has 12 heteroatoms. The van der Waals surface area contributed by atoms with Crippen LogP contribution in [0.2, 0.25) is 0 Å². The van der Waals surface area contributed by atoms with Gasteiger partial charge >= 0.3 is 11.9 Å². The van der Waals surface area contributed by atoms with Gasteiger partial charge in [-0.3, -0.25) is 4.79 Å². The number of benzene rings is 3. The van der Waals surface area contributed by atoms with Crippen LogP contribution in [0.5, 0.6) is 34.5 Å². The van der Waals surface area contributed by atoms with Gasteiger partial charge in [-0.05, 0) is 31.2 Å². The molecule has 0 fully saturated rings. The van der Waals surface area contributed by atoms with Gasteiger partial charge in [0.05, 0.1) is 19.8 Å². The Balaban J connectivity index is 1.96. The number of methoxy groups -OCH3 is 3. The second kappa shape index (κ2) is 13.8. The van der Waals surface area contributed by atoms with Crippen molar-refractivity contribution in [1.82, 2.24) is 0 Å². The molecule has 1 aliphatic heterocycles. The van der Waals surface area contributed by atoms with Crippen molar-refractivity contribution >= 4 is 11.9 Å². The molecule has 0 bridgehead atoms. The lowest BCUT2D eigenvalue weighted by Gasteiger charge is -2.44. The van der Waals surface area contributed by atoms with E-state index in [1.54, 1.807) is 55.5 Å². The number of ether oxygens (including phenoxy) is 9. The van der Waals surface area contributed by atoms with Crippen molar-refractivity contribution < 1.29 is 57.3 Å². The first-order valence-corrected chi connectivity index (χ1v) is 14.9. The molecule has 0 saturated carbocycles. The van der Waals surface area contributed by atoms with Gasteiger partial charge in [-0.2, -0.15) is 0 Å². The highest BCUT2D eigenvalue weighted by atomic mass is 16.7. The average Bonchev–Trinajstić information content (AvgIpc) is 3.54. The standard InChI is InChI=1S/C35H38O12/c1-8-14-42-31-27-23(16-24(40-6)29(31)41-7)33(47-34(37)21-12-10-9-11-13-21)35(4,38)19(2)28(46-20(3)36)22-15-25-30(45-18-43-25)32(26(22)27)44-17-39-5/h8-13,15-16,19,28,33,38H,1,14,17-18H2,2-7H3/t19-,28+,33-,35-/m0/s1. The third kappa shape index (κ3) is 6.13. The summed E-state index contributed by atoms with van der Waals surface area (Å²) >= 11 is 0. The summed E-state index contributed by atoms with van der Waals surface area (Å²) in [6.45, 7) is 7.99. The van der Waals surface area contributed by atoms with Gasteiger partial charge in [0.25, 0.3) is 0 Å². The number of aliphatic hydroxyl groups is 1. The van der Waals surface area contributed by atoms with Crippen LogP contribution in [0.25, 0.3) is 11.1 Å². The minimum absolute atomic E-state index is 0.0265. The van der Waals surface area contributed by atoms with Crippen molar-refractivity contribution in [3.63, 3.8) is 0 Å². The van der Waals surface area contributed by atoms with Crippen molar-refractivity contribution in [2.75, 3.05) is 41.5 Å². The molecular formula is C35H38O12. The fourth-order valence-electron chi connectivity index (χ4n) is 5.90. The molecule has 0 aromatic heterocycles. The summed E-state index contributed by atoms with van der Waals surface area (Å²) in [7, 11) is 4.36. The zero-order valence-corrected chi connectivity index (χ0v) is 27.1. The number of esters is 2. The monoisotopic (exact) mass is 650 g/mol. The number of fused-ring (bicyclic) bond motifs is 4. The van der Waals surface area contributed by atoms with Gasteiger partial charge in [-0.15, -0.1) is 0 Å². The van der Waals surface area contributed by atoms with E-state index in [2.05, 4.69) is 6.58 Å². The van der Waals surface area contributed by atoms with E-state index in [0.29, 0.717) is 22.4 Å². The molecular weight excluding hydrogens is 612 g/mol. The first-order chi connectivity index (χ1) is 22.6. The van der Waals surface area contributed by atoms with Crippen molar-refractivity contribution in [3.05, 3.63) is 71.8 Å². The van der Waals surface area contributed by atoms with Gasteiger partial charge in [-0.25, -0.2) is 4.79 Å². The highest BCUT2D eigenvalue weighted by molar-refractivity contribution is 5.92. The van der Waals surface area contributed by atoms with E-state index in [1.807, 2.05) is 0 Å². The molecule has 4 atom stereocenters. The fraction of sp³-hybridized carbons (Fsp3) is 0.371. The van der Waals surface area contributed by atoms with E-state index >= 15 is 0 Å². The number of hydrogen-bond acceptors (Lipinski definition) is 12. The van der Waals surface area contributed by atoms with Gasteiger partial charge in [-0.1, -0.05) is 37.8 Å². The van der Waals surface area contributed by atoms with Gasteiger partial charge in [0.15, 0.2) is 35.9 Å². The predicted octanol–water partition coefficient (Wildman–Crippen LogP) is 5.55. The topological polar surface area (TPSA) is 137 Å². The van der Waals surface area contributed by atoms with Crippen LogP contribution in [-0.2, 0) is 19.0 Å². The molecule has 0 saturated heterocycles. The molecule has 3 aromatic carbocycles. The molecule has 0 spiro atoms. The Bertz CT molecular complexity index is 1650. The Morgan fingerprint density at radius 3 is 2.34 bits per heavy atom. The van der Waals surface area contributed by atoms with Crippen LogP contribution < -0.4 is 28.4 Å². The molecule has 5 rings (SSSR count). The maximum Gasteiger partial charge on any atom is 0.338 e. The van der Waals surface area contributed by atoms with E-state index in [0.717, 1.165) is 0 Å². The summed E-state index contributed by atoms with van der Waals surface area (Å²) in [5.41, 5.74) is -0.307. The van der Waals surface area contributed by atoms with Gasteiger partial charge in [0.2, 0.25) is 18.3 Å². The lowest BCUT2D eigenvalue weighted by atomic mass is 9.71. The molecule has 3 aromatic rings. The van der Waals surface area contributed by atoms with Crippen molar-refractivity contribution in [2.45, 2.75) is 38.6 Å². The molecule has 12 nitrogen and oxygen atoms in total. The molecule has 0 radical (unpaired) electrons.